The number of rotatable bonds is 4. The number of aryl methyl sites for hydroxylation is 1. The number of hydrogen-bond donors (Lipinski definition) is 0. The van der Waals surface area contributed by atoms with Gasteiger partial charge in [0.05, 0.1) is 4.90 Å². The molecular weight excluding hydrogens is 338 g/mol. The number of nitrogens with zero attached hydrogens (tertiary/aromatic N) is 1. The monoisotopic (exact) mass is 361 g/mol. The third kappa shape index (κ3) is 5.06. The Bertz CT molecular complexity index is 839. The number of carbonyl (C=O) groups is 1. The van der Waals surface area contributed by atoms with Crippen molar-refractivity contribution in [2.24, 2.45) is 0 Å². The molecule has 0 atom stereocenters. The summed E-state index contributed by atoms with van der Waals surface area (Å²) in [6, 6.07) is 15.4. The van der Waals surface area contributed by atoms with Gasteiger partial charge >= 0.3 is 6.09 Å². The van der Waals surface area contributed by atoms with Crippen LogP contribution in [-0.4, -0.2) is 26.0 Å². The minimum atomic E-state index is -3.71. The summed E-state index contributed by atoms with van der Waals surface area (Å²) in [6.45, 7) is 6.95. The number of para-hydroxylation sites is 1. The van der Waals surface area contributed by atoms with E-state index in [1.807, 2.05) is 0 Å². The van der Waals surface area contributed by atoms with Gasteiger partial charge in [0, 0.05) is 5.69 Å². The van der Waals surface area contributed by atoms with Crippen molar-refractivity contribution in [1.82, 2.24) is 0 Å². The smallest absolute Gasteiger partial charge is 0.415 e. The van der Waals surface area contributed by atoms with E-state index in [9.17, 15) is 13.2 Å². The molecule has 0 spiro atoms. The number of hydrogen-bond acceptors (Lipinski definition) is 4. The Labute approximate surface area is 149 Å². The highest BCUT2D eigenvalue weighted by Gasteiger charge is 2.29. The fourth-order valence-corrected chi connectivity index (χ4v) is 3.88. The number of ether oxygens (including phenoxy) is 1. The number of carbonyl (C=O) groups excluding carboxylic acids is 1. The molecule has 2 aromatic rings. The summed E-state index contributed by atoms with van der Waals surface area (Å²) in [4.78, 5) is 13.9. The minimum absolute atomic E-state index is 0.208. The second-order valence-electron chi connectivity index (χ2n) is 6.75. The molecule has 0 unspecified atom stereocenters. The lowest BCUT2D eigenvalue weighted by Crippen LogP contribution is -2.40. The molecule has 1 amide bonds. The van der Waals surface area contributed by atoms with E-state index in [1.54, 1.807) is 82.3 Å². The fourth-order valence-electron chi connectivity index (χ4n) is 2.30. The third-order valence-corrected chi connectivity index (χ3v) is 5.14. The zero-order valence-corrected chi connectivity index (χ0v) is 15.7. The molecule has 0 saturated carbocycles. The van der Waals surface area contributed by atoms with Crippen LogP contribution in [0.15, 0.2) is 59.5 Å². The minimum Gasteiger partial charge on any atom is -0.443 e. The maximum Gasteiger partial charge on any atom is 0.415 e. The summed E-state index contributed by atoms with van der Waals surface area (Å²) in [7, 11) is -3.71. The average molecular weight is 361 g/mol. The molecule has 0 aliphatic heterocycles. The maximum absolute atomic E-state index is 12.9. The summed E-state index contributed by atoms with van der Waals surface area (Å²) in [6.07, 6.45) is -0.698. The van der Waals surface area contributed by atoms with Crippen LogP contribution in [-0.2, 0) is 14.6 Å². The van der Waals surface area contributed by atoms with Crippen LogP contribution < -0.4 is 4.90 Å². The average Bonchev–Trinajstić information content (AvgIpc) is 2.52. The van der Waals surface area contributed by atoms with Crippen molar-refractivity contribution in [2.75, 3.05) is 10.8 Å². The van der Waals surface area contributed by atoms with Crippen LogP contribution in [0.25, 0.3) is 0 Å². The molecule has 0 saturated heterocycles. The lowest BCUT2D eigenvalue weighted by Gasteiger charge is -2.27. The number of sulfone groups is 1. The highest BCUT2D eigenvalue weighted by atomic mass is 32.2. The first-order valence-electron chi connectivity index (χ1n) is 7.94. The fraction of sp³-hybridized carbons (Fsp3) is 0.316. The van der Waals surface area contributed by atoms with Crippen molar-refractivity contribution in [1.29, 1.82) is 0 Å². The molecule has 134 valence electrons. The molecule has 2 rings (SSSR count). The van der Waals surface area contributed by atoms with Crippen LogP contribution in [0.2, 0.25) is 0 Å². The van der Waals surface area contributed by atoms with Gasteiger partial charge in [-0.2, -0.15) is 0 Å². The van der Waals surface area contributed by atoms with Crippen molar-refractivity contribution >= 4 is 21.6 Å². The first kappa shape index (κ1) is 19.0. The van der Waals surface area contributed by atoms with Gasteiger partial charge in [0.1, 0.15) is 11.5 Å². The van der Waals surface area contributed by atoms with E-state index in [0.717, 1.165) is 4.90 Å². The molecule has 0 radical (unpaired) electrons. The molecule has 0 aliphatic rings. The molecule has 2 aromatic carbocycles. The second kappa shape index (κ2) is 7.27. The molecule has 0 N–H and O–H groups in total. The lowest BCUT2D eigenvalue weighted by molar-refractivity contribution is 0.0586. The van der Waals surface area contributed by atoms with Gasteiger partial charge < -0.3 is 4.74 Å². The van der Waals surface area contributed by atoms with Crippen LogP contribution in [0, 0.1) is 6.92 Å². The number of benzene rings is 2. The van der Waals surface area contributed by atoms with E-state index >= 15 is 0 Å². The third-order valence-electron chi connectivity index (χ3n) is 3.41. The number of amides is 1. The predicted molar refractivity (Wildman–Crippen MR) is 98.4 cm³/mol. The first-order chi connectivity index (χ1) is 11.6. The molecule has 25 heavy (non-hydrogen) atoms. The molecular formula is C19H23NO4S. The first-order valence-corrected chi connectivity index (χ1v) is 9.59. The quantitative estimate of drug-likeness (QED) is 0.820. The van der Waals surface area contributed by atoms with Gasteiger partial charge in [0.25, 0.3) is 0 Å². The van der Waals surface area contributed by atoms with Gasteiger partial charge in [0.2, 0.25) is 0 Å². The van der Waals surface area contributed by atoms with Gasteiger partial charge in [0.15, 0.2) is 9.84 Å². The van der Waals surface area contributed by atoms with Gasteiger partial charge in [-0.1, -0.05) is 36.4 Å². The van der Waals surface area contributed by atoms with Crippen LogP contribution >= 0.6 is 0 Å². The molecule has 0 heterocycles. The highest BCUT2D eigenvalue weighted by molar-refractivity contribution is 7.91. The van der Waals surface area contributed by atoms with E-state index in [0.29, 0.717) is 11.3 Å². The van der Waals surface area contributed by atoms with E-state index in [-0.39, 0.29) is 4.90 Å². The van der Waals surface area contributed by atoms with E-state index in [1.165, 1.54) is 0 Å². The van der Waals surface area contributed by atoms with Gasteiger partial charge in [-0.15, -0.1) is 0 Å². The van der Waals surface area contributed by atoms with E-state index in [2.05, 4.69) is 0 Å². The maximum atomic E-state index is 12.9. The molecule has 6 heteroatoms. The Kier molecular flexibility index (Phi) is 5.52. The molecule has 0 aliphatic carbocycles. The zero-order chi connectivity index (χ0) is 18.7. The van der Waals surface area contributed by atoms with Gasteiger partial charge in [-0.05, 0) is 51.5 Å². The Balaban J connectivity index is 2.40. The highest BCUT2D eigenvalue weighted by Crippen LogP contribution is 2.23. The standard InChI is InChI=1S/C19H23NO4S/c1-15-10-8-9-13-17(15)25(22,23)14-20(16-11-6-5-7-12-16)18(21)24-19(2,3)4/h5-13H,14H2,1-4H3. The summed E-state index contributed by atoms with van der Waals surface area (Å²) < 4.78 is 31.1. The Morgan fingerprint density at radius 3 is 2.12 bits per heavy atom. The van der Waals surface area contributed by atoms with Crippen molar-refractivity contribution in [3.05, 3.63) is 60.2 Å². The number of anilines is 1. The van der Waals surface area contributed by atoms with E-state index < -0.39 is 27.4 Å². The summed E-state index contributed by atoms with van der Waals surface area (Å²) >= 11 is 0. The Hall–Kier alpha value is -2.34. The summed E-state index contributed by atoms with van der Waals surface area (Å²) in [5, 5.41) is 0. The molecule has 0 fully saturated rings. The van der Waals surface area contributed by atoms with Crippen molar-refractivity contribution in [3.8, 4) is 0 Å². The van der Waals surface area contributed by atoms with Crippen molar-refractivity contribution in [3.63, 3.8) is 0 Å². The van der Waals surface area contributed by atoms with E-state index in [4.69, 9.17) is 4.74 Å². The van der Waals surface area contributed by atoms with Crippen LogP contribution in [0.3, 0.4) is 0 Å². The van der Waals surface area contributed by atoms with Crippen LogP contribution in [0.5, 0.6) is 0 Å². The Morgan fingerprint density at radius 1 is 1.00 bits per heavy atom. The topological polar surface area (TPSA) is 63.7 Å². The van der Waals surface area contributed by atoms with Gasteiger partial charge in [-0.3, -0.25) is 4.90 Å². The molecule has 0 bridgehead atoms. The zero-order valence-electron chi connectivity index (χ0n) is 14.9. The molecule has 5 nitrogen and oxygen atoms in total. The second-order valence-corrected chi connectivity index (χ2v) is 8.68. The largest absolute Gasteiger partial charge is 0.443 e. The SMILES string of the molecule is Cc1ccccc1S(=O)(=O)CN(C(=O)OC(C)(C)C)c1ccccc1. The van der Waals surface area contributed by atoms with Crippen molar-refractivity contribution < 1.29 is 17.9 Å². The predicted octanol–water partition coefficient (Wildman–Crippen LogP) is 4.17. The summed E-state index contributed by atoms with van der Waals surface area (Å²) in [5.41, 5.74) is 0.380. The van der Waals surface area contributed by atoms with Gasteiger partial charge in [-0.25, -0.2) is 13.2 Å². The normalized spacial score (nSPS) is 11.8. The Morgan fingerprint density at radius 2 is 1.56 bits per heavy atom. The lowest BCUT2D eigenvalue weighted by atomic mass is 10.2. The van der Waals surface area contributed by atoms with Crippen LogP contribution in [0.1, 0.15) is 26.3 Å². The van der Waals surface area contributed by atoms with Crippen LogP contribution in [0.4, 0.5) is 10.5 Å². The summed E-state index contributed by atoms with van der Waals surface area (Å²) in [5.74, 6) is -0.489. The van der Waals surface area contributed by atoms with Crippen molar-refractivity contribution in [2.45, 2.75) is 38.2 Å². The molecule has 0 aromatic heterocycles.